The highest BCUT2D eigenvalue weighted by Crippen LogP contribution is 2.20. The van der Waals surface area contributed by atoms with Gasteiger partial charge in [-0.2, -0.15) is 0 Å². The van der Waals surface area contributed by atoms with Crippen LogP contribution in [0.25, 0.3) is 0 Å². The second-order valence-corrected chi connectivity index (χ2v) is 3.63. The molecule has 0 bridgehead atoms. The highest BCUT2D eigenvalue weighted by molar-refractivity contribution is 5.72. The standard InChI is InChI=1S/C7H12N2O4/c1-7(2)4-9(8-12)3-5(13-7)6(10)11/h5H,3-4H2,1-2H3,(H,10,11). The maximum Gasteiger partial charge on any atom is 0.334 e. The fourth-order valence-electron chi connectivity index (χ4n) is 1.35. The molecule has 6 heteroatoms. The van der Waals surface area contributed by atoms with Crippen LogP contribution >= 0.6 is 0 Å². The lowest BCUT2D eigenvalue weighted by molar-refractivity contribution is -0.178. The molecule has 13 heavy (non-hydrogen) atoms. The van der Waals surface area contributed by atoms with E-state index in [1.54, 1.807) is 13.8 Å². The summed E-state index contributed by atoms with van der Waals surface area (Å²) in [6, 6.07) is 0. The van der Waals surface area contributed by atoms with Crippen molar-refractivity contribution < 1.29 is 14.6 Å². The number of hydrogen-bond acceptors (Lipinski definition) is 4. The fourth-order valence-corrected chi connectivity index (χ4v) is 1.35. The van der Waals surface area contributed by atoms with Gasteiger partial charge in [0.1, 0.15) is 0 Å². The number of ether oxygens (including phenoxy) is 1. The number of carbonyl (C=O) groups is 1. The quantitative estimate of drug-likeness (QED) is 0.627. The topological polar surface area (TPSA) is 79.2 Å². The van der Waals surface area contributed by atoms with Crippen LogP contribution in [0.15, 0.2) is 5.29 Å². The summed E-state index contributed by atoms with van der Waals surface area (Å²) in [6.45, 7) is 3.78. The first-order chi connectivity index (χ1) is 5.94. The molecule has 0 amide bonds. The van der Waals surface area contributed by atoms with E-state index in [2.05, 4.69) is 5.29 Å². The average Bonchev–Trinajstić information content (AvgIpc) is 2.01. The van der Waals surface area contributed by atoms with E-state index in [-0.39, 0.29) is 6.54 Å². The Kier molecular flexibility index (Phi) is 2.51. The summed E-state index contributed by atoms with van der Waals surface area (Å²) in [5, 5.41) is 12.6. The van der Waals surface area contributed by atoms with Crippen molar-refractivity contribution in [2.45, 2.75) is 25.6 Å². The summed E-state index contributed by atoms with van der Waals surface area (Å²) < 4.78 is 5.23. The third kappa shape index (κ3) is 2.38. The Morgan fingerprint density at radius 2 is 2.31 bits per heavy atom. The van der Waals surface area contributed by atoms with Crippen molar-refractivity contribution in [2.75, 3.05) is 13.1 Å². The second kappa shape index (κ2) is 3.29. The predicted molar refractivity (Wildman–Crippen MR) is 44.0 cm³/mol. The molecular weight excluding hydrogens is 176 g/mol. The van der Waals surface area contributed by atoms with Gasteiger partial charge in [0.2, 0.25) is 0 Å². The Morgan fingerprint density at radius 3 is 2.77 bits per heavy atom. The van der Waals surface area contributed by atoms with Crippen LogP contribution in [-0.4, -0.2) is 40.9 Å². The Labute approximate surface area is 75.4 Å². The van der Waals surface area contributed by atoms with Gasteiger partial charge in [0, 0.05) is 0 Å². The molecule has 0 aromatic rings. The molecule has 6 nitrogen and oxygen atoms in total. The first kappa shape index (κ1) is 9.91. The molecule has 1 aliphatic rings. The molecule has 1 fully saturated rings. The van der Waals surface area contributed by atoms with E-state index >= 15 is 0 Å². The molecule has 0 aromatic carbocycles. The van der Waals surface area contributed by atoms with Gasteiger partial charge in [-0.15, -0.1) is 4.91 Å². The molecule has 1 rings (SSSR count). The summed E-state index contributed by atoms with van der Waals surface area (Å²) in [4.78, 5) is 20.9. The summed E-state index contributed by atoms with van der Waals surface area (Å²) >= 11 is 0. The minimum atomic E-state index is -1.07. The second-order valence-electron chi connectivity index (χ2n) is 3.63. The SMILES string of the molecule is CC1(C)CN(N=O)CC(C(=O)O)O1. The number of carboxylic acids is 1. The van der Waals surface area contributed by atoms with Crippen LogP contribution < -0.4 is 0 Å². The number of rotatable bonds is 2. The van der Waals surface area contributed by atoms with E-state index in [4.69, 9.17) is 9.84 Å². The van der Waals surface area contributed by atoms with Crippen LogP contribution in [0, 0.1) is 4.91 Å². The molecule has 1 heterocycles. The zero-order valence-corrected chi connectivity index (χ0v) is 7.56. The Morgan fingerprint density at radius 1 is 1.69 bits per heavy atom. The number of hydrogen-bond donors (Lipinski definition) is 1. The van der Waals surface area contributed by atoms with Gasteiger partial charge >= 0.3 is 5.97 Å². The zero-order valence-electron chi connectivity index (χ0n) is 7.56. The van der Waals surface area contributed by atoms with Crippen LogP contribution in [-0.2, 0) is 9.53 Å². The number of nitroso groups, excluding NO2 is 1. The van der Waals surface area contributed by atoms with Crippen LogP contribution in [0.2, 0.25) is 0 Å². The first-order valence-corrected chi connectivity index (χ1v) is 3.93. The third-order valence-electron chi connectivity index (χ3n) is 1.79. The van der Waals surface area contributed by atoms with Gasteiger partial charge in [-0.05, 0) is 13.8 Å². The molecule has 0 saturated carbocycles. The van der Waals surface area contributed by atoms with Crippen LogP contribution in [0.3, 0.4) is 0 Å². The lowest BCUT2D eigenvalue weighted by atomic mass is 10.1. The van der Waals surface area contributed by atoms with Crippen LogP contribution in [0.1, 0.15) is 13.8 Å². The number of carboxylic acid groups (broad SMARTS) is 1. The highest BCUT2D eigenvalue weighted by Gasteiger charge is 2.37. The van der Waals surface area contributed by atoms with Crippen molar-refractivity contribution in [1.29, 1.82) is 0 Å². The fraction of sp³-hybridized carbons (Fsp3) is 0.857. The lowest BCUT2D eigenvalue weighted by Gasteiger charge is -2.38. The minimum Gasteiger partial charge on any atom is -0.479 e. The molecule has 1 N–H and O–H groups in total. The highest BCUT2D eigenvalue weighted by atomic mass is 16.5. The molecule has 0 aliphatic carbocycles. The van der Waals surface area contributed by atoms with Gasteiger partial charge in [-0.3, -0.25) is 5.01 Å². The normalized spacial score (nSPS) is 26.9. The monoisotopic (exact) mass is 188 g/mol. The smallest absolute Gasteiger partial charge is 0.334 e. The molecule has 74 valence electrons. The van der Waals surface area contributed by atoms with E-state index in [0.29, 0.717) is 6.54 Å². The maximum absolute atomic E-state index is 10.6. The first-order valence-electron chi connectivity index (χ1n) is 3.93. The van der Waals surface area contributed by atoms with Crippen molar-refractivity contribution in [3.63, 3.8) is 0 Å². The van der Waals surface area contributed by atoms with Crippen molar-refractivity contribution in [3.8, 4) is 0 Å². The summed E-state index contributed by atoms with van der Waals surface area (Å²) in [5.74, 6) is -1.07. The van der Waals surface area contributed by atoms with Gasteiger partial charge in [0.15, 0.2) is 6.10 Å². The van der Waals surface area contributed by atoms with Gasteiger partial charge in [0.25, 0.3) is 0 Å². The average molecular weight is 188 g/mol. The maximum atomic E-state index is 10.6. The molecule has 0 radical (unpaired) electrons. The summed E-state index contributed by atoms with van der Waals surface area (Å²) in [7, 11) is 0. The van der Waals surface area contributed by atoms with Gasteiger partial charge < -0.3 is 9.84 Å². The number of nitrogens with zero attached hydrogens (tertiary/aromatic N) is 2. The van der Waals surface area contributed by atoms with Gasteiger partial charge in [0.05, 0.1) is 24.0 Å². The molecule has 0 spiro atoms. The molecule has 1 aliphatic heterocycles. The van der Waals surface area contributed by atoms with Gasteiger partial charge in [-0.1, -0.05) is 0 Å². The van der Waals surface area contributed by atoms with Crippen molar-refractivity contribution in [2.24, 2.45) is 5.29 Å². The zero-order chi connectivity index (χ0) is 10.1. The number of aliphatic carboxylic acids is 1. The van der Waals surface area contributed by atoms with Gasteiger partial charge in [-0.25, -0.2) is 4.79 Å². The van der Waals surface area contributed by atoms with E-state index < -0.39 is 17.7 Å². The summed E-state index contributed by atoms with van der Waals surface area (Å²) in [6.07, 6.45) is -0.971. The molecule has 1 atom stereocenters. The Bertz CT molecular complexity index is 229. The van der Waals surface area contributed by atoms with Crippen LogP contribution in [0.5, 0.6) is 0 Å². The Balaban J connectivity index is 2.70. The van der Waals surface area contributed by atoms with Crippen molar-refractivity contribution in [1.82, 2.24) is 5.01 Å². The predicted octanol–water partition coefficient (Wildman–Crippen LogP) is 0.232. The third-order valence-corrected chi connectivity index (χ3v) is 1.79. The minimum absolute atomic E-state index is 0.0161. The number of morpholine rings is 1. The van der Waals surface area contributed by atoms with E-state index in [0.717, 1.165) is 0 Å². The Hall–Kier alpha value is -1.17. The largest absolute Gasteiger partial charge is 0.479 e. The van der Waals surface area contributed by atoms with E-state index in [1.165, 1.54) is 5.01 Å². The molecule has 1 saturated heterocycles. The van der Waals surface area contributed by atoms with E-state index in [9.17, 15) is 9.70 Å². The lowest BCUT2D eigenvalue weighted by Crippen LogP contribution is -2.53. The van der Waals surface area contributed by atoms with Crippen LogP contribution in [0.4, 0.5) is 0 Å². The van der Waals surface area contributed by atoms with Crippen molar-refractivity contribution >= 4 is 5.97 Å². The summed E-state index contributed by atoms with van der Waals surface area (Å²) in [5.41, 5.74) is -0.644. The molecular formula is C7H12N2O4. The molecule has 0 aromatic heterocycles. The van der Waals surface area contributed by atoms with E-state index in [1.807, 2.05) is 0 Å². The van der Waals surface area contributed by atoms with Crippen molar-refractivity contribution in [3.05, 3.63) is 4.91 Å². The molecule has 1 unspecified atom stereocenters.